The Hall–Kier alpha value is -7.10. The van der Waals surface area contributed by atoms with Crippen LogP contribution in [0, 0.1) is 31.1 Å². The van der Waals surface area contributed by atoms with E-state index < -0.39 is 25.0 Å². The van der Waals surface area contributed by atoms with Gasteiger partial charge in [0.15, 0.2) is 5.78 Å². The maximum Gasteiger partial charge on any atom is 0.335 e. The molecule has 0 aliphatic heterocycles. The molecule has 2 aromatic carbocycles. The van der Waals surface area contributed by atoms with Crippen LogP contribution >= 0.6 is 0 Å². The van der Waals surface area contributed by atoms with Crippen molar-refractivity contribution < 1.29 is 38.0 Å². The molecule has 0 amide bonds. The second kappa shape index (κ2) is 21.3. The van der Waals surface area contributed by atoms with Crippen LogP contribution in [0.5, 0.6) is 0 Å². The van der Waals surface area contributed by atoms with Gasteiger partial charge in [0, 0.05) is 73.6 Å². The number of benzene rings is 2. The Labute approximate surface area is 379 Å². The van der Waals surface area contributed by atoms with Gasteiger partial charge in [0.2, 0.25) is 23.7 Å². The van der Waals surface area contributed by atoms with Gasteiger partial charge in [-0.3, -0.25) is 18.5 Å². The quantitative estimate of drug-likeness (QED) is 0.0779. The van der Waals surface area contributed by atoms with Gasteiger partial charge < -0.3 is 15.7 Å². The fraction of sp³-hybridized carbons (Fsp3) is 0.383. The van der Waals surface area contributed by atoms with Crippen molar-refractivity contribution in [3.05, 3.63) is 108 Å². The van der Waals surface area contributed by atoms with Crippen LogP contribution < -0.4 is 10.6 Å². The highest BCUT2D eigenvalue weighted by atomic mass is 19.3. The van der Waals surface area contributed by atoms with Crippen LogP contribution in [-0.4, -0.2) is 75.4 Å². The number of aromatic nitrogens is 8. The lowest BCUT2D eigenvalue weighted by molar-refractivity contribution is -0.0455. The fourth-order valence-corrected chi connectivity index (χ4v) is 7.66. The molecule has 19 heteroatoms. The smallest absolute Gasteiger partial charge is 0.335 e. The van der Waals surface area contributed by atoms with E-state index >= 15 is 0 Å². The molecule has 0 saturated heterocycles. The highest BCUT2D eigenvalue weighted by Crippen LogP contribution is 2.40. The lowest BCUT2D eigenvalue weighted by Gasteiger charge is -2.28. The molecule has 2 aliphatic carbocycles. The summed E-state index contributed by atoms with van der Waals surface area (Å²) in [5, 5.41) is 32.8. The molecule has 14 nitrogen and oxygen atoms in total. The molecule has 2 aliphatic rings. The Bertz CT molecular complexity index is 2650. The molecule has 3 N–H and O–H groups in total. The first-order valence-corrected chi connectivity index (χ1v) is 21.2. The Morgan fingerprint density at radius 3 is 1.53 bits per heavy atom. The first kappa shape index (κ1) is 46.9. The summed E-state index contributed by atoms with van der Waals surface area (Å²) in [5.74, 6) is -5.76. The normalized spacial score (nSPS) is 16.3. The Balaban J connectivity index is 0.000000210. The Kier molecular flexibility index (Phi) is 15.1. The first-order chi connectivity index (χ1) is 32.0. The number of ketones is 1. The lowest BCUT2D eigenvalue weighted by Crippen LogP contribution is -2.26. The summed E-state index contributed by atoms with van der Waals surface area (Å²) in [6.07, 6.45) is 11.5. The first-order valence-electron chi connectivity index (χ1n) is 21.9. The summed E-state index contributed by atoms with van der Waals surface area (Å²) >= 11 is 0. The number of nitrogens with one attached hydrogen (secondary N) is 2. The van der Waals surface area contributed by atoms with Crippen LogP contribution in [-0.2, 0) is 0 Å². The number of hydrogen-bond donors (Lipinski definition) is 3. The zero-order valence-electron chi connectivity index (χ0n) is 37.6. The number of nitrogens with zero attached hydrogens (tertiary/aromatic N) is 9. The molecule has 4 aromatic heterocycles. The predicted molar refractivity (Wildman–Crippen MR) is 238 cm³/mol. The van der Waals surface area contributed by atoms with Crippen molar-refractivity contribution in [2.75, 3.05) is 17.8 Å². The van der Waals surface area contributed by atoms with Crippen molar-refractivity contribution in [1.29, 1.82) is 5.26 Å². The van der Waals surface area contributed by atoms with Crippen LogP contribution in [0.2, 0.25) is 0 Å². The molecule has 8 rings (SSSR count). The predicted octanol–water partition coefficient (Wildman–Crippen LogP) is 11.3. The second-order valence-corrected chi connectivity index (χ2v) is 16.4. The van der Waals surface area contributed by atoms with Gasteiger partial charge >= 0.3 is 5.97 Å². The number of carboxylic acid groups (broad SMARTS) is 1. The second-order valence-electron chi connectivity index (χ2n) is 16.4. The summed E-state index contributed by atoms with van der Waals surface area (Å²) in [7, 11) is -1.00. The largest absolute Gasteiger partial charge is 0.478 e. The number of rotatable bonds is 12. The van der Waals surface area contributed by atoms with Crippen LogP contribution in [0.3, 0.4) is 0 Å². The summed E-state index contributed by atoms with van der Waals surface area (Å²) < 4.78 is 72.6. The Morgan fingerprint density at radius 2 is 1.15 bits per heavy atom. The lowest BCUT2D eigenvalue weighted by atomic mass is 9.92. The molecule has 2 saturated carbocycles. The maximum atomic E-state index is 13.4. The number of aromatic carboxylic acids is 1. The number of halogens is 5. The minimum atomic E-state index is -2.57. The van der Waals surface area contributed by atoms with Crippen LogP contribution in [0.25, 0.3) is 22.5 Å². The zero-order valence-corrected chi connectivity index (χ0v) is 36.6. The van der Waals surface area contributed by atoms with Gasteiger partial charge in [-0.15, -0.1) is 0 Å². The van der Waals surface area contributed by atoms with Gasteiger partial charge in [0.05, 0.1) is 73.3 Å². The van der Waals surface area contributed by atoms with Gasteiger partial charge in [-0.25, -0.2) is 42.3 Å². The highest BCUT2D eigenvalue weighted by molar-refractivity contribution is 5.96. The molecule has 6 aromatic rings. The van der Waals surface area contributed by atoms with E-state index in [9.17, 15) is 31.5 Å². The third-order valence-electron chi connectivity index (χ3n) is 11.4. The van der Waals surface area contributed by atoms with Crippen LogP contribution in [0.15, 0.2) is 85.7 Å². The number of aryl methyl sites for hydroxylation is 2. The van der Waals surface area contributed by atoms with Crippen molar-refractivity contribution in [2.24, 2.45) is 5.92 Å². The Morgan fingerprint density at radius 1 is 0.758 bits per heavy atom. The number of carbonyl (C=O) groups is 2. The topological polar surface area (TPSA) is 189 Å². The van der Waals surface area contributed by atoms with E-state index in [4.69, 9.17) is 11.7 Å². The van der Waals surface area contributed by atoms with E-state index in [1.165, 1.54) is 12.1 Å². The molecule has 1 atom stereocenters. The SMILES string of the molecule is Cc1cnc(Nc2cnn(C3CCC(F)(F)CC3)c2)nc1-c1ccc(C(=O)C[C@@H](C)C#N)cc1.Cc1cnc(Nc2cnn(C3CCC(F)(F)CC3)c2)nc1-c1ccc(C(=O)O)cc1.[2H]CF. The fourth-order valence-electron chi connectivity index (χ4n) is 7.66. The van der Waals surface area contributed by atoms with Crippen LogP contribution in [0.1, 0.15) is 110 Å². The van der Waals surface area contributed by atoms with Gasteiger partial charge in [0.1, 0.15) is 0 Å². The summed E-state index contributed by atoms with van der Waals surface area (Å²) in [6.45, 7) is 5.51. The zero-order chi connectivity index (χ0) is 48.3. The van der Waals surface area contributed by atoms with Crippen molar-refractivity contribution in [2.45, 2.75) is 102 Å². The summed E-state index contributed by atoms with van der Waals surface area (Å²) in [4.78, 5) is 41.2. The number of nitriles is 1. The van der Waals surface area contributed by atoms with E-state index in [1.54, 1.807) is 77.7 Å². The maximum absolute atomic E-state index is 13.4. The van der Waals surface area contributed by atoms with Gasteiger partial charge in [0.25, 0.3) is 0 Å². The number of hydrogen-bond acceptors (Lipinski definition) is 11. The van der Waals surface area contributed by atoms with Crippen molar-refractivity contribution in [3.8, 4) is 28.6 Å². The van der Waals surface area contributed by atoms with Gasteiger partial charge in [-0.1, -0.05) is 36.4 Å². The minimum absolute atomic E-state index is 0.0394. The van der Waals surface area contributed by atoms with Gasteiger partial charge in [-0.05, 0) is 69.7 Å². The molecule has 0 spiro atoms. The monoisotopic (exact) mass is 912 g/mol. The number of alkyl halides is 5. The molecule has 346 valence electrons. The van der Waals surface area contributed by atoms with Gasteiger partial charge in [-0.2, -0.15) is 15.5 Å². The molecular formula is C47H50F5N11O3. The average molecular weight is 913 g/mol. The number of carbonyl (C=O) groups excluding carboxylic acids is 1. The number of Topliss-reactive ketones (excluding diaryl/α,β-unsaturated/α-hetero) is 1. The molecule has 66 heavy (non-hydrogen) atoms. The van der Waals surface area contributed by atoms with Crippen molar-refractivity contribution in [1.82, 2.24) is 39.5 Å². The molecule has 4 heterocycles. The van der Waals surface area contributed by atoms with E-state index in [2.05, 4.69) is 46.8 Å². The molecular weight excluding hydrogens is 862 g/mol. The van der Waals surface area contributed by atoms with E-state index in [1.807, 2.05) is 26.0 Å². The third kappa shape index (κ3) is 12.6. The third-order valence-corrected chi connectivity index (χ3v) is 11.4. The standard InChI is InChI=1S/C25H26F2N6O.C21H21F2N5O2.CH3F/c1-16(12-28)11-22(34)18-3-5-19(6-4-18)23-17(2)13-29-24(32-23)31-20-14-30-33(15-20)21-7-9-25(26,27)10-8-21;1-13-10-24-20(27-18(13)14-2-4-15(5-3-14)19(29)30)26-16-11-25-28(12-16)17-6-8-21(22,23)9-7-17;1-2/h3-6,13-16,21H,7-11H2,1-2H3,(H,29,31,32);2-5,10-12,17H,6-9H2,1H3,(H,29,30)(H,24,26,27);1H3/t16-;;/m1../s1/i;;1D. The van der Waals surface area contributed by atoms with Crippen molar-refractivity contribution in [3.63, 3.8) is 0 Å². The van der Waals surface area contributed by atoms with E-state index in [0.29, 0.717) is 60.2 Å². The summed E-state index contributed by atoms with van der Waals surface area (Å²) in [5.41, 5.74) is 6.87. The highest BCUT2D eigenvalue weighted by Gasteiger charge is 2.37. The van der Waals surface area contributed by atoms with E-state index in [-0.39, 0.29) is 61.5 Å². The van der Waals surface area contributed by atoms with E-state index in [0.717, 1.165) is 27.9 Å². The minimum Gasteiger partial charge on any atom is -0.478 e. The molecule has 0 radical (unpaired) electrons. The average Bonchev–Trinajstić information content (AvgIpc) is 3.98. The van der Waals surface area contributed by atoms with Crippen molar-refractivity contribution >= 4 is 35.0 Å². The number of anilines is 4. The molecule has 2 fully saturated rings. The van der Waals surface area contributed by atoms with Crippen LogP contribution in [0.4, 0.5) is 45.2 Å². The number of carboxylic acids is 1. The summed E-state index contributed by atoms with van der Waals surface area (Å²) in [6, 6.07) is 15.6. The molecule has 0 bridgehead atoms. The molecule has 0 unspecified atom stereocenters.